The van der Waals surface area contributed by atoms with Gasteiger partial charge in [-0.2, -0.15) is 0 Å². The van der Waals surface area contributed by atoms with Gasteiger partial charge in [0, 0.05) is 10.6 Å². The van der Waals surface area contributed by atoms with E-state index in [-0.39, 0.29) is 0 Å². The average molecular weight is 187 g/mol. The normalized spacial score (nSPS) is 10.1. The highest BCUT2D eigenvalue weighted by atomic mass is 15.1. The van der Waals surface area contributed by atoms with E-state index in [1.807, 2.05) is 30.3 Å². The lowest BCUT2D eigenvalue weighted by molar-refractivity contribution is 0.962. The zero-order chi connectivity index (χ0) is 10.2. The van der Waals surface area contributed by atoms with Gasteiger partial charge in [0.1, 0.15) is 0 Å². The van der Waals surface area contributed by atoms with Gasteiger partial charge in [-0.05, 0) is 17.5 Å². The second-order valence-corrected chi connectivity index (χ2v) is 2.94. The summed E-state index contributed by atoms with van der Waals surface area (Å²) in [7, 11) is 0. The number of nitrogens with zero attached hydrogens (tertiary/aromatic N) is 3. The third-order valence-corrected chi connectivity index (χ3v) is 1.84. The van der Waals surface area contributed by atoms with Crippen molar-refractivity contribution in [2.45, 2.75) is 19.8 Å². The van der Waals surface area contributed by atoms with Crippen LogP contribution in [0.5, 0.6) is 0 Å². The SMILES string of the molecule is CCC/C=C/c1ccccc1N=[N+]=[N-]. The van der Waals surface area contributed by atoms with E-state index >= 15 is 0 Å². The lowest BCUT2D eigenvalue weighted by Crippen LogP contribution is -1.72. The highest BCUT2D eigenvalue weighted by Crippen LogP contribution is 2.20. The Bertz CT molecular complexity index is 363. The molecule has 72 valence electrons. The standard InChI is InChI=1S/C11H13N3/c1-2-3-4-7-10-8-5-6-9-11(10)13-14-12/h4-9H,2-3H2,1H3/b7-4+. The number of unbranched alkanes of at least 4 members (excludes halogenated alkanes) is 1. The van der Waals surface area contributed by atoms with E-state index in [2.05, 4.69) is 23.0 Å². The zero-order valence-corrected chi connectivity index (χ0v) is 8.22. The Morgan fingerprint density at radius 2 is 2.21 bits per heavy atom. The summed E-state index contributed by atoms with van der Waals surface area (Å²) in [5.74, 6) is 0. The van der Waals surface area contributed by atoms with Gasteiger partial charge in [-0.15, -0.1) is 0 Å². The number of rotatable bonds is 4. The van der Waals surface area contributed by atoms with Gasteiger partial charge >= 0.3 is 0 Å². The molecule has 0 N–H and O–H groups in total. The molecule has 0 spiro atoms. The van der Waals surface area contributed by atoms with Crippen molar-refractivity contribution >= 4 is 11.8 Å². The molecule has 0 aliphatic rings. The van der Waals surface area contributed by atoms with Crippen LogP contribution >= 0.6 is 0 Å². The Morgan fingerprint density at radius 3 is 2.93 bits per heavy atom. The molecule has 0 aliphatic carbocycles. The molecule has 0 aliphatic heterocycles. The maximum Gasteiger partial charge on any atom is 0.0447 e. The first-order valence-electron chi connectivity index (χ1n) is 4.69. The highest BCUT2D eigenvalue weighted by Gasteiger charge is 1.93. The fraction of sp³-hybridized carbons (Fsp3) is 0.273. The summed E-state index contributed by atoms with van der Waals surface area (Å²) in [6.45, 7) is 2.13. The van der Waals surface area contributed by atoms with E-state index in [0.717, 1.165) is 18.4 Å². The first-order chi connectivity index (χ1) is 6.88. The summed E-state index contributed by atoms with van der Waals surface area (Å²) < 4.78 is 0. The lowest BCUT2D eigenvalue weighted by atomic mass is 10.1. The van der Waals surface area contributed by atoms with Crippen molar-refractivity contribution in [3.63, 3.8) is 0 Å². The first kappa shape index (κ1) is 10.4. The van der Waals surface area contributed by atoms with Crippen LogP contribution in [0.15, 0.2) is 35.5 Å². The summed E-state index contributed by atoms with van der Waals surface area (Å²) in [4.78, 5) is 2.79. The predicted octanol–water partition coefficient (Wildman–Crippen LogP) is 4.44. The average Bonchev–Trinajstić information content (AvgIpc) is 2.21. The Hall–Kier alpha value is -1.73. The second kappa shape index (κ2) is 5.84. The molecule has 1 rings (SSSR count). The number of allylic oxidation sites excluding steroid dienone is 1. The van der Waals surface area contributed by atoms with Crippen LogP contribution < -0.4 is 0 Å². The van der Waals surface area contributed by atoms with Crippen LogP contribution in [0.4, 0.5) is 5.69 Å². The van der Waals surface area contributed by atoms with Gasteiger partial charge in [0.2, 0.25) is 0 Å². The summed E-state index contributed by atoms with van der Waals surface area (Å²) in [6.07, 6.45) is 6.25. The predicted molar refractivity (Wildman–Crippen MR) is 59.2 cm³/mol. The highest BCUT2D eigenvalue weighted by molar-refractivity contribution is 5.63. The van der Waals surface area contributed by atoms with E-state index in [1.54, 1.807) is 0 Å². The van der Waals surface area contributed by atoms with Gasteiger partial charge in [0.25, 0.3) is 0 Å². The van der Waals surface area contributed by atoms with Gasteiger partial charge in [-0.1, -0.05) is 54.9 Å². The summed E-state index contributed by atoms with van der Waals surface area (Å²) in [5, 5.41) is 3.61. The van der Waals surface area contributed by atoms with Gasteiger partial charge in [0.05, 0.1) is 0 Å². The first-order valence-corrected chi connectivity index (χ1v) is 4.69. The summed E-state index contributed by atoms with van der Waals surface area (Å²) >= 11 is 0. The maximum atomic E-state index is 8.35. The minimum Gasteiger partial charge on any atom is -0.0839 e. The topological polar surface area (TPSA) is 48.8 Å². The smallest absolute Gasteiger partial charge is 0.0447 e. The van der Waals surface area contributed by atoms with Crippen LogP contribution in [0.25, 0.3) is 16.5 Å². The molecule has 0 saturated carbocycles. The zero-order valence-electron chi connectivity index (χ0n) is 8.22. The van der Waals surface area contributed by atoms with Crippen molar-refractivity contribution in [3.05, 3.63) is 46.3 Å². The van der Waals surface area contributed by atoms with Crippen molar-refractivity contribution < 1.29 is 0 Å². The van der Waals surface area contributed by atoms with Crippen molar-refractivity contribution in [1.29, 1.82) is 0 Å². The van der Waals surface area contributed by atoms with Crippen LogP contribution in [0.3, 0.4) is 0 Å². The van der Waals surface area contributed by atoms with Crippen molar-refractivity contribution in [1.82, 2.24) is 0 Å². The Kier molecular flexibility index (Phi) is 4.32. The van der Waals surface area contributed by atoms with Crippen molar-refractivity contribution in [2.24, 2.45) is 5.11 Å². The Balaban J connectivity index is 2.89. The fourth-order valence-corrected chi connectivity index (χ4v) is 1.14. The quantitative estimate of drug-likeness (QED) is 0.380. The van der Waals surface area contributed by atoms with Crippen LogP contribution in [0, 0.1) is 0 Å². The molecule has 0 fully saturated rings. The molecular weight excluding hydrogens is 174 g/mol. The van der Waals surface area contributed by atoms with E-state index in [4.69, 9.17) is 5.53 Å². The molecule has 14 heavy (non-hydrogen) atoms. The number of hydrogen-bond donors (Lipinski definition) is 0. The molecule has 0 atom stereocenters. The van der Waals surface area contributed by atoms with Crippen molar-refractivity contribution in [2.75, 3.05) is 0 Å². The minimum absolute atomic E-state index is 0.683. The van der Waals surface area contributed by atoms with Crippen LogP contribution in [0.2, 0.25) is 0 Å². The maximum absolute atomic E-state index is 8.35. The Labute approximate surface area is 83.7 Å². The molecule has 0 aromatic heterocycles. The molecule has 0 unspecified atom stereocenters. The lowest BCUT2D eigenvalue weighted by Gasteiger charge is -1.97. The molecule has 0 heterocycles. The molecule has 0 amide bonds. The fourth-order valence-electron chi connectivity index (χ4n) is 1.14. The van der Waals surface area contributed by atoms with Gasteiger partial charge in [-0.25, -0.2) is 0 Å². The summed E-state index contributed by atoms with van der Waals surface area (Å²) in [5.41, 5.74) is 10.0. The van der Waals surface area contributed by atoms with Crippen LogP contribution in [0.1, 0.15) is 25.3 Å². The third-order valence-electron chi connectivity index (χ3n) is 1.84. The minimum atomic E-state index is 0.683. The van der Waals surface area contributed by atoms with Crippen molar-refractivity contribution in [3.8, 4) is 0 Å². The van der Waals surface area contributed by atoms with Gasteiger partial charge < -0.3 is 0 Å². The van der Waals surface area contributed by atoms with E-state index in [1.165, 1.54) is 0 Å². The monoisotopic (exact) mass is 187 g/mol. The number of benzene rings is 1. The number of hydrogen-bond acceptors (Lipinski definition) is 1. The Morgan fingerprint density at radius 1 is 1.43 bits per heavy atom. The van der Waals surface area contributed by atoms with E-state index in [9.17, 15) is 0 Å². The molecule has 1 aromatic rings. The van der Waals surface area contributed by atoms with Gasteiger partial charge in [0.15, 0.2) is 0 Å². The number of azide groups is 1. The van der Waals surface area contributed by atoms with Crippen LogP contribution in [-0.4, -0.2) is 0 Å². The summed E-state index contributed by atoms with van der Waals surface area (Å²) in [6, 6.07) is 7.55. The van der Waals surface area contributed by atoms with Gasteiger partial charge in [-0.3, -0.25) is 0 Å². The largest absolute Gasteiger partial charge is 0.0839 e. The molecule has 1 aromatic carbocycles. The van der Waals surface area contributed by atoms with Crippen LogP contribution in [-0.2, 0) is 0 Å². The molecule has 3 heteroatoms. The molecular formula is C11H13N3. The molecule has 0 bridgehead atoms. The van der Waals surface area contributed by atoms with E-state index < -0.39 is 0 Å². The third kappa shape index (κ3) is 2.96. The molecule has 3 nitrogen and oxygen atoms in total. The van der Waals surface area contributed by atoms with E-state index in [0.29, 0.717) is 5.69 Å². The molecule has 0 radical (unpaired) electrons. The molecule has 0 saturated heterocycles. The second-order valence-electron chi connectivity index (χ2n) is 2.94.